The molecule has 128 valence electrons. The first-order valence-corrected chi connectivity index (χ1v) is 8.78. The predicted molar refractivity (Wildman–Crippen MR) is 91.1 cm³/mol. The molecule has 2 fully saturated rings. The quantitative estimate of drug-likeness (QED) is 0.885. The minimum atomic E-state index is -0.626. The van der Waals surface area contributed by atoms with Crippen molar-refractivity contribution in [2.45, 2.75) is 50.5 Å². The summed E-state index contributed by atoms with van der Waals surface area (Å²) >= 11 is 0. The molecule has 0 heterocycles. The Bertz CT molecular complexity index is 669. The molecule has 1 aromatic carbocycles. The first-order valence-electron chi connectivity index (χ1n) is 8.78. The summed E-state index contributed by atoms with van der Waals surface area (Å²) < 4.78 is 14.2. The van der Waals surface area contributed by atoms with Gasteiger partial charge in [0.2, 0.25) is 0 Å². The summed E-state index contributed by atoms with van der Waals surface area (Å²) in [7, 11) is 1.47. The molecule has 3 rings (SSSR count). The van der Waals surface area contributed by atoms with Crippen LogP contribution in [0.4, 0.5) is 10.1 Å². The number of amides is 1. The van der Waals surface area contributed by atoms with Crippen LogP contribution in [0.1, 0.15) is 55.3 Å². The van der Waals surface area contributed by atoms with Crippen molar-refractivity contribution in [2.24, 2.45) is 11.8 Å². The fraction of sp³-hybridized carbons (Fsp3) is 0.579. The third-order valence-corrected chi connectivity index (χ3v) is 5.66. The van der Waals surface area contributed by atoms with Crippen molar-refractivity contribution in [3.8, 4) is 6.07 Å². The van der Waals surface area contributed by atoms with Crippen LogP contribution in [0.2, 0.25) is 0 Å². The molecular formula is C19H24FN3O. The molecule has 2 saturated carbocycles. The summed E-state index contributed by atoms with van der Waals surface area (Å²) in [5, 5.41) is 15.5. The van der Waals surface area contributed by atoms with E-state index in [2.05, 4.69) is 16.7 Å². The first-order chi connectivity index (χ1) is 11.6. The molecule has 0 radical (unpaired) electrons. The van der Waals surface area contributed by atoms with Crippen LogP contribution in [-0.2, 0) is 0 Å². The topological polar surface area (TPSA) is 64.9 Å². The molecule has 2 N–H and O–H groups in total. The number of carbonyl (C=O) groups excluding carboxylic acids is 1. The second-order valence-corrected chi connectivity index (χ2v) is 7.14. The number of carbonyl (C=O) groups is 1. The number of rotatable bonds is 3. The van der Waals surface area contributed by atoms with Gasteiger partial charge in [0.15, 0.2) is 0 Å². The van der Waals surface area contributed by atoms with Gasteiger partial charge in [-0.25, -0.2) is 4.39 Å². The lowest BCUT2D eigenvalue weighted by Crippen LogP contribution is -2.45. The molecule has 0 aromatic heterocycles. The van der Waals surface area contributed by atoms with E-state index in [-0.39, 0.29) is 5.56 Å². The molecule has 24 heavy (non-hydrogen) atoms. The minimum Gasteiger partial charge on any atom is -0.367 e. The third kappa shape index (κ3) is 3.24. The van der Waals surface area contributed by atoms with Gasteiger partial charge in [-0.15, -0.1) is 0 Å². The van der Waals surface area contributed by atoms with Gasteiger partial charge in [0.25, 0.3) is 5.91 Å². The van der Waals surface area contributed by atoms with Crippen LogP contribution in [0.5, 0.6) is 0 Å². The molecule has 2 aliphatic carbocycles. The molecule has 0 saturated heterocycles. The second-order valence-electron chi connectivity index (χ2n) is 7.14. The number of fused-ring (bicyclic) bond motifs is 1. The van der Waals surface area contributed by atoms with Gasteiger partial charge < -0.3 is 10.6 Å². The summed E-state index contributed by atoms with van der Waals surface area (Å²) in [6.45, 7) is 0. The minimum absolute atomic E-state index is 0.0186. The van der Waals surface area contributed by atoms with E-state index in [0.29, 0.717) is 11.6 Å². The van der Waals surface area contributed by atoms with Crippen molar-refractivity contribution in [1.82, 2.24) is 5.32 Å². The Hall–Kier alpha value is -2.09. The van der Waals surface area contributed by atoms with Crippen molar-refractivity contribution in [1.29, 1.82) is 5.26 Å². The van der Waals surface area contributed by atoms with Crippen LogP contribution in [0.25, 0.3) is 0 Å². The number of halogens is 1. The number of anilines is 1. The van der Waals surface area contributed by atoms with E-state index < -0.39 is 17.3 Å². The van der Waals surface area contributed by atoms with Crippen LogP contribution < -0.4 is 10.6 Å². The van der Waals surface area contributed by atoms with E-state index in [0.717, 1.165) is 25.2 Å². The van der Waals surface area contributed by atoms with Gasteiger partial charge in [-0.2, -0.15) is 5.26 Å². The molecular weight excluding hydrogens is 305 g/mol. The van der Waals surface area contributed by atoms with Crippen molar-refractivity contribution in [2.75, 3.05) is 12.4 Å². The monoisotopic (exact) mass is 329 g/mol. The van der Waals surface area contributed by atoms with E-state index in [1.807, 2.05) is 0 Å². The molecule has 2 aliphatic rings. The molecule has 5 heteroatoms. The largest absolute Gasteiger partial charge is 0.367 e. The van der Waals surface area contributed by atoms with Crippen molar-refractivity contribution in [3.63, 3.8) is 0 Å². The Morgan fingerprint density at radius 1 is 1.29 bits per heavy atom. The number of hydrogen-bond donors (Lipinski definition) is 2. The standard InChI is InChI=1S/C19H24FN3O/c1-22-18(24)16-7-6-15(10-17(16)20)23-19(12-21)9-8-13-4-2-3-5-14(13)11-19/h6-7,10,13-14,23H,2-5,8-9,11H2,1H3,(H,22,24)/t13-,14-,19-/m1/s1. The maximum atomic E-state index is 14.2. The Morgan fingerprint density at radius 3 is 2.71 bits per heavy atom. The van der Waals surface area contributed by atoms with E-state index >= 15 is 0 Å². The Kier molecular flexibility index (Phi) is 4.75. The fourth-order valence-corrected chi connectivity index (χ4v) is 4.35. The fourth-order valence-electron chi connectivity index (χ4n) is 4.35. The van der Waals surface area contributed by atoms with Gasteiger partial charge in [0.05, 0.1) is 11.6 Å². The number of nitrogens with zero attached hydrogens (tertiary/aromatic N) is 1. The van der Waals surface area contributed by atoms with Gasteiger partial charge in [-0.1, -0.05) is 25.7 Å². The second kappa shape index (κ2) is 6.80. The third-order valence-electron chi connectivity index (χ3n) is 5.66. The maximum Gasteiger partial charge on any atom is 0.253 e. The van der Waals surface area contributed by atoms with Gasteiger partial charge in [0.1, 0.15) is 11.4 Å². The normalized spacial score (nSPS) is 29.2. The summed E-state index contributed by atoms with van der Waals surface area (Å²) in [5.41, 5.74) is -0.0412. The molecule has 1 aromatic rings. The zero-order valence-corrected chi connectivity index (χ0v) is 14.1. The van der Waals surface area contributed by atoms with Crippen molar-refractivity contribution < 1.29 is 9.18 Å². The average Bonchev–Trinajstić information content (AvgIpc) is 2.61. The highest BCUT2D eigenvalue weighted by Gasteiger charge is 2.42. The van der Waals surface area contributed by atoms with Crippen LogP contribution in [0.15, 0.2) is 18.2 Å². The van der Waals surface area contributed by atoms with E-state index in [1.54, 1.807) is 6.07 Å². The number of nitrogens with one attached hydrogen (secondary N) is 2. The molecule has 0 unspecified atom stereocenters. The molecule has 0 spiro atoms. The summed E-state index contributed by atoms with van der Waals surface area (Å²) in [5.74, 6) is 0.319. The first kappa shape index (κ1) is 16.8. The lowest BCUT2D eigenvalue weighted by Gasteiger charge is -2.44. The molecule has 1 amide bonds. The van der Waals surface area contributed by atoms with Crippen LogP contribution >= 0.6 is 0 Å². The summed E-state index contributed by atoms with van der Waals surface area (Å²) in [4.78, 5) is 11.6. The number of hydrogen-bond acceptors (Lipinski definition) is 3. The maximum absolute atomic E-state index is 14.2. The van der Waals surface area contributed by atoms with Crippen molar-refractivity contribution >= 4 is 11.6 Å². The highest BCUT2D eigenvalue weighted by molar-refractivity contribution is 5.94. The summed E-state index contributed by atoms with van der Waals surface area (Å²) in [6, 6.07) is 6.92. The van der Waals surface area contributed by atoms with Crippen LogP contribution in [0.3, 0.4) is 0 Å². The van der Waals surface area contributed by atoms with Gasteiger partial charge in [0, 0.05) is 12.7 Å². The van der Waals surface area contributed by atoms with Gasteiger partial charge in [-0.3, -0.25) is 4.79 Å². The zero-order chi connectivity index (χ0) is 17.2. The van der Waals surface area contributed by atoms with Crippen molar-refractivity contribution in [3.05, 3.63) is 29.6 Å². The van der Waals surface area contributed by atoms with E-state index in [4.69, 9.17) is 0 Å². The smallest absolute Gasteiger partial charge is 0.253 e. The highest BCUT2D eigenvalue weighted by atomic mass is 19.1. The summed E-state index contributed by atoms with van der Waals surface area (Å²) in [6.07, 6.45) is 7.71. The Morgan fingerprint density at radius 2 is 2.04 bits per heavy atom. The Labute approximate surface area is 142 Å². The van der Waals surface area contributed by atoms with Gasteiger partial charge >= 0.3 is 0 Å². The number of benzene rings is 1. The lowest BCUT2D eigenvalue weighted by atomic mass is 9.65. The SMILES string of the molecule is CNC(=O)c1ccc(N[C@]2(C#N)CC[C@H]3CCCC[C@@H]3C2)cc1F. The van der Waals surface area contributed by atoms with Crippen LogP contribution in [-0.4, -0.2) is 18.5 Å². The molecule has 0 bridgehead atoms. The van der Waals surface area contributed by atoms with Gasteiger partial charge in [-0.05, 0) is 49.3 Å². The van der Waals surface area contributed by atoms with E-state index in [9.17, 15) is 14.4 Å². The molecule has 3 atom stereocenters. The van der Waals surface area contributed by atoms with Crippen LogP contribution in [0, 0.1) is 29.0 Å². The van der Waals surface area contributed by atoms with E-state index in [1.165, 1.54) is 44.9 Å². The lowest BCUT2D eigenvalue weighted by molar-refractivity contribution is 0.0959. The number of nitriles is 1. The highest BCUT2D eigenvalue weighted by Crippen LogP contribution is 2.45. The predicted octanol–water partition coefficient (Wildman–Crippen LogP) is 3.85. The Balaban J connectivity index is 1.77. The zero-order valence-electron chi connectivity index (χ0n) is 14.1. The average molecular weight is 329 g/mol. The molecule has 4 nitrogen and oxygen atoms in total. The molecule has 0 aliphatic heterocycles.